The largest absolute Gasteiger partial charge is 0.508 e. The van der Waals surface area contributed by atoms with E-state index < -0.39 is 34.2 Å². The second-order valence-corrected chi connectivity index (χ2v) is 12.8. The number of carbonyl (C=O) groups is 2. The van der Waals surface area contributed by atoms with Gasteiger partial charge in [0.15, 0.2) is 0 Å². The molecule has 12 heteroatoms. The summed E-state index contributed by atoms with van der Waals surface area (Å²) in [6, 6.07) is 15.3. The lowest BCUT2D eigenvalue weighted by Crippen LogP contribution is -2.45. The number of hydrogen-bond donors (Lipinski definition) is 2. The highest BCUT2D eigenvalue weighted by Gasteiger charge is 2.36. The highest BCUT2D eigenvalue weighted by Crippen LogP contribution is 2.26. The molecule has 226 valence electrons. The number of thiol groups is 1. The van der Waals surface area contributed by atoms with E-state index in [0.717, 1.165) is 5.56 Å². The number of nitrogen functional groups attached to an aromatic ring is 1. The van der Waals surface area contributed by atoms with Gasteiger partial charge in [-0.3, -0.25) is 4.79 Å². The van der Waals surface area contributed by atoms with E-state index in [9.17, 15) is 18.0 Å². The first-order valence-corrected chi connectivity index (χ1v) is 15.8. The number of benzene rings is 2. The molecule has 1 aliphatic rings. The SMILES string of the molecule is CC(C)CN(C[C@@H](OC(=O)OCCS)[C@@H](CC(=O)O[C@H]1CCOC1)Cc1ccccc1)S(=O)(=O)c1ccc(N)cc1. The second kappa shape index (κ2) is 16.0. The summed E-state index contributed by atoms with van der Waals surface area (Å²) in [5.74, 6) is -0.855. The predicted octanol–water partition coefficient (Wildman–Crippen LogP) is 3.95. The first-order valence-electron chi connectivity index (χ1n) is 13.7. The molecular weight excluding hydrogens is 568 g/mol. The Labute approximate surface area is 247 Å². The molecule has 0 radical (unpaired) electrons. The van der Waals surface area contributed by atoms with Crippen molar-refractivity contribution in [3.05, 3.63) is 60.2 Å². The molecule has 0 saturated carbocycles. The van der Waals surface area contributed by atoms with Gasteiger partial charge in [0.05, 0.1) is 31.1 Å². The highest BCUT2D eigenvalue weighted by molar-refractivity contribution is 7.89. The number of carbonyl (C=O) groups excluding carboxylic acids is 2. The molecule has 3 atom stereocenters. The summed E-state index contributed by atoms with van der Waals surface area (Å²) in [7, 11) is -4.01. The Morgan fingerprint density at radius 1 is 1.10 bits per heavy atom. The van der Waals surface area contributed by atoms with Crippen LogP contribution in [0.4, 0.5) is 10.5 Å². The van der Waals surface area contributed by atoms with Crippen molar-refractivity contribution in [2.45, 2.75) is 50.2 Å². The maximum atomic E-state index is 13.8. The zero-order valence-electron chi connectivity index (χ0n) is 23.5. The molecule has 41 heavy (non-hydrogen) atoms. The molecule has 1 heterocycles. The van der Waals surface area contributed by atoms with Crippen molar-refractivity contribution >= 4 is 40.5 Å². The predicted molar refractivity (Wildman–Crippen MR) is 158 cm³/mol. The fourth-order valence-corrected chi connectivity index (χ4v) is 6.25. The van der Waals surface area contributed by atoms with Crippen LogP contribution in [0.25, 0.3) is 0 Å². The maximum Gasteiger partial charge on any atom is 0.508 e. The van der Waals surface area contributed by atoms with Gasteiger partial charge in [-0.05, 0) is 42.2 Å². The van der Waals surface area contributed by atoms with E-state index in [0.29, 0.717) is 31.7 Å². The average Bonchev–Trinajstić information content (AvgIpc) is 3.44. The molecule has 2 aromatic rings. The third-order valence-electron chi connectivity index (χ3n) is 6.51. The molecule has 0 spiro atoms. The Balaban J connectivity index is 1.96. The van der Waals surface area contributed by atoms with Gasteiger partial charge in [-0.15, -0.1) is 0 Å². The molecule has 1 saturated heterocycles. The average molecular weight is 609 g/mol. The van der Waals surface area contributed by atoms with Gasteiger partial charge in [0, 0.05) is 30.3 Å². The van der Waals surface area contributed by atoms with Crippen molar-refractivity contribution in [1.82, 2.24) is 4.31 Å². The number of anilines is 1. The van der Waals surface area contributed by atoms with Crippen LogP contribution >= 0.6 is 12.6 Å². The second-order valence-electron chi connectivity index (χ2n) is 10.4. The molecule has 1 aliphatic heterocycles. The summed E-state index contributed by atoms with van der Waals surface area (Å²) in [5.41, 5.74) is 7.11. The molecule has 0 bridgehead atoms. The van der Waals surface area contributed by atoms with E-state index in [-0.39, 0.29) is 48.8 Å². The standard InChI is InChI=1S/C29H40N2O8S2/c1-21(2)18-31(41(34,35)26-10-8-24(30)9-11-26)19-27(39-29(33)37-14-15-40)23(16-22-6-4-3-5-7-22)17-28(32)38-25-12-13-36-20-25/h3-11,21,23,25,27,40H,12-20,30H2,1-2H3/t23-,25+,27-/m1/s1. The number of hydrogen-bond acceptors (Lipinski definition) is 10. The van der Waals surface area contributed by atoms with Gasteiger partial charge in [-0.2, -0.15) is 16.9 Å². The lowest BCUT2D eigenvalue weighted by Gasteiger charge is -2.32. The Morgan fingerprint density at radius 3 is 2.41 bits per heavy atom. The van der Waals surface area contributed by atoms with Crippen LogP contribution in [0.3, 0.4) is 0 Å². The minimum atomic E-state index is -4.01. The fraction of sp³-hybridized carbons (Fsp3) is 0.517. The summed E-state index contributed by atoms with van der Waals surface area (Å²) < 4.78 is 50.7. The number of ether oxygens (including phenoxy) is 4. The molecule has 10 nitrogen and oxygen atoms in total. The van der Waals surface area contributed by atoms with E-state index in [1.807, 2.05) is 44.2 Å². The van der Waals surface area contributed by atoms with Crippen LogP contribution in [-0.2, 0) is 40.2 Å². The van der Waals surface area contributed by atoms with Crippen LogP contribution in [0.1, 0.15) is 32.3 Å². The van der Waals surface area contributed by atoms with Gasteiger partial charge >= 0.3 is 12.1 Å². The molecular formula is C29H40N2O8S2. The zero-order valence-corrected chi connectivity index (χ0v) is 25.2. The van der Waals surface area contributed by atoms with E-state index in [1.165, 1.54) is 28.6 Å². The summed E-state index contributed by atoms with van der Waals surface area (Å²) in [5, 5.41) is 0. The monoisotopic (exact) mass is 608 g/mol. The number of sulfonamides is 1. The molecule has 0 unspecified atom stereocenters. The molecule has 2 aromatic carbocycles. The summed E-state index contributed by atoms with van der Waals surface area (Å²) in [4.78, 5) is 25.8. The minimum absolute atomic E-state index is 0.0151. The van der Waals surface area contributed by atoms with Crippen LogP contribution in [0.2, 0.25) is 0 Å². The van der Waals surface area contributed by atoms with E-state index in [4.69, 9.17) is 24.7 Å². The van der Waals surface area contributed by atoms with Crippen LogP contribution in [-0.4, -0.2) is 75.7 Å². The Morgan fingerprint density at radius 2 is 1.80 bits per heavy atom. The Bertz CT molecular complexity index is 1200. The summed E-state index contributed by atoms with van der Waals surface area (Å²) in [6.07, 6.45) is -1.51. The van der Waals surface area contributed by atoms with Crippen molar-refractivity contribution in [2.24, 2.45) is 11.8 Å². The Kier molecular flexibility index (Phi) is 12.8. The highest BCUT2D eigenvalue weighted by atomic mass is 32.2. The summed E-state index contributed by atoms with van der Waals surface area (Å²) in [6.45, 7) is 4.60. The van der Waals surface area contributed by atoms with Crippen LogP contribution in [0.15, 0.2) is 59.5 Å². The molecule has 0 amide bonds. The van der Waals surface area contributed by atoms with Crippen LogP contribution in [0, 0.1) is 11.8 Å². The van der Waals surface area contributed by atoms with E-state index >= 15 is 0 Å². The van der Waals surface area contributed by atoms with Crippen LogP contribution in [0.5, 0.6) is 0 Å². The van der Waals surface area contributed by atoms with Gasteiger partial charge in [0.25, 0.3) is 0 Å². The van der Waals surface area contributed by atoms with Gasteiger partial charge in [0.2, 0.25) is 10.0 Å². The number of nitrogens with zero attached hydrogens (tertiary/aromatic N) is 1. The molecule has 0 aromatic heterocycles. The van der Waals surface area contributed by atoms with Gasteiger partial charge in [-0.25, -0.2) is 13.2 Å². The van der Waals surface area contributed by atoms with Gasteiger partial charge < -0.3 is 24.7 Å². The molecule has 2 N–H and O–H groups in total. The number of nitrogens with two attached hydrogens (primary N) is 1. The first kappa shape index (κ1) is 32.7. The zero-order chi connectivity index (χ0) is 29.8. The van der Waals surface area contributed by atoms with Crippen molar-refractivity contribution in [3.63, 3.8) is 0 Å². The van der Waals surface area contributed by atoms with Crippen molar-refractivity contribution < 1.29 is 37.0 Å². The normalized spacial score (nSPS) is 16.9. The van der Waals surface area contributed by atoms with Crippen molar-refractivity contribution in [2.75, 3.05) is 44.4 Å². The van der Waals surface area contributed by atoms with E-state index in [1.54, 1.807) is 0 Å². The van der Waals surface area contributed by atoms with Crippen LogP contribution < -0.4 is 5.73 Å². The summed E-state index contributed by atoms with van der Waals surface area (Å²) >= 11 is 4.07. The number of rotatable bonds is 15. The lowest BCUT2D eigenvalue weighted by atomic mass is 9.90. The van der Waals surface area contributed by atoms with Gasteiger partial charge in [0.1, 0.15) is 18.8 Å². The smallest absolute Gasteiger partial charge is 0.460 e. The quantitative estimate of drug-likeness (QED) is 0.175. The minimum Gasteiger partial charge on any atom is -0.460 e. The first-order chi connectivity index (χ1) is 19.6. The molecule has 0 aliphatic carbocycles. The van der Waals surface area contributed by atoms with Crippen molar-refractivity contribution in [1.29, 1.82) is 0 Å². The maximum absolute atomic E-state index is 13.8. The van der Waals surface area contributed by atoms with Gasteiger partial charge in [-0.1, -0.05) is 44.2 Å². The molecule has 3 rings (SSSR count). The van der Waals surface area contributed by atoms with Crippen molar-refractivity contribution in [3.8, 4) is 0 Å². The Hall–Kier alpha value is -2.80. The van der Waals surface area contributed by atoms with E-state index in [2.05, 4.69) is 12.6 Å². The lowest BCUT2D eigenvalue weighted by molar-refractivity contribution is -0.151. The topological polar surface area (TPSA) is 134 Å². The third-order valence-corrected chi connectivity index (χ3v) is 8.54. The third kappa shape index (κ3) is 10.5. The fourth-order valence-electron chi connectivity index (χ4n) is 4.54. The molecule has 1 fully saturated rings. The number of esters is 1.